The summed E-state index contributed by atoms with van der Waals surface area (Å²) in [6.07, 6.45) is 5.02. The summed E-state index contributed by atoms with van der Waals surface area (Å²) in [7, 11) is 0. The first-order chi connectivity index (χ1) is 9.77. The molecule has 0 unspecified atom stereocenters. The summed E-state index contributed by atoms with van der Waals surface area (Å²) in [5.74, 6) is -0.0139. The van der Waals surface area contributed by atoms with Gasteiger partial charge in [-0.2, -0.15) is 4.52 Å². The lowest BCUT2D eigenvalue weighted by Crippen LogP contribution is -2.57. The summed E-state index contributed by atoms with van der Waals surface area (Å²) in [4.78, 5) is 14.6. The number of hydrogen-bond donors (Lipinski definition) is 0. The molecule has 1 spiro atoms. The van der Waals surface area contributed by atoms with Crippen molar-refractivity contribution in [2.75, 3.05) is 19.7 Å². The number of morpholine rings is 1. The van der Waals surface area contributed by atoms with Crippen LogP contribution in [0.25, 0.3) is 5.65 Å². The van der Waals surface area contributed by atoms with E-state index < -0.39 is 0 Å². The Kier molecular flexibility index (Phi) is 2.50. The summed E-state index contributed by atoms with van der Waals surface area (Å²) >= 11 is 0. The highest BCUT2D eigenvalue weighted by Crippen LogP contribution is 2.38. The van der Waals surface area contributed by atoms with Crippen molar-refractivity contribution < 1.29 is 9.53 Å². The Morgan fingerprint density at radius 3 is 3.10 bits per heavy atom. The Bertz CT molecular complexity index is 664. The second-order valence-electron chi connectivity index (χ2n) is 5.48. The van der Waals surface area contributed by atoms with Gasteiger partial charge in [0, 0.05) is 12.7 Å². The highest BCUT2D eigenvalue weighted by atomic mass is 16.5. The minimum Gasteiger partial charge on any atom is -0.371 e. The zero-order chi connectivity index (χ0) is 13.6. The molecule has 2 fully saturated rings. The van der Waals surface area contributed by atoms with Crippen LogP contribution in [-0.4, -0.2) is 56.1 Å². The van der Waals surface area contributed by atoms with Crippen LogP contribution in [0.4, 0.5) is 0 Å². The van der Waals surface area contributed by atoms with Gasteiger partial charge in [0.05, 0.1) is 24.3 Å². The SMILES string of the molecule is O=C(c1cccn2nnnc12)N1CCOC2(CCC2)C1. The molecule has 7 heteroatoms. The number of aromatic nitrogens is 4. The van der Waals surface area contributed by atoms with Crippen LogP contribution in [0.2, 0.25) is 0 Å². The van der Waals surface area contributed by atoms with Crippen LogP contribution < -0.4 is 0 Å². The van der Waals surface area contributed by atoms with Crippen LogP contribution >= 0.6 is 0 Å². The third kappa shape index (κ3) is 1.70. The molecule has 0 radical (unpaired) electrons. The van der Waals surface area contributed by atoms with E-state index in [1.54, 1.807) is 18.3 Å². The van der Waals surface area contributed by atoms with E-state index >= 15 is 0 Å². The van der Waals surface area contributed by atoms with Gasteiger partial charge < -0.3 is 9.64 Å². The Hall–Kier alpha value is -2.02. The van der Waals surface area contributed by atoms with Crippen LogP contribution in [-0.2, 0) is 4.74 Å². The molecule has 20 heavy (non-hydrogen) atoms. The van der Waals surface area contributed by atoms with Crippen LogP contribution in [0.3, 0.4) is 0 Å². The van der Waals surface area contributed by atoms with Gasteiger partial charge in [-0.25, -0.2) is 0 Å². The monoisotopic (exact) mass is 273 g/mol. The van der Waals surface area contributed by atoms with E-state index in [1.807, 2.05) is 4.90 Å². The number of nitrogens with zero attached hydrogens (tertiary/aromatic N) is 5. The number of fused-ring (bicyclic) bond motifs is 1. The fourth-order valence-electron chi connectivity index (χ4n) is 3.00. The number of carbonyl (C=O) groups is 1. The first-order valence-electron chi connectivity index (χ1n) is 6.87. The smallest absolute Gasteiger partial charge is 0.257 e. The van der Waals surface area contributed by atoms with Gasteiger partial charge in [-0.3, -0.25) is 4.79 Å². The molecular weight excluding hydrogens is 258 g/mol. The first kappa shape index (κ1) is 11.8. The van der Waals surface area contributed by atoms with E-state index in [2.05, 4.69) is 15.5 Å². The largest absolute Gasteiger partial charge is 0.371 e. The van der Waals surface area contributed by atoms with Gasteiger partial charge in [0.15, 0.2) is 5.65 Å². The molecule has 104 valence electrons. The van der Waals surface area contributed by atoms with Crippen molar-refractivity contribution in [3.05, 3.63) is 23.9 Å². The highest BCUT2D eigenvalue weighted by Gasteiger charge is 2.43. The molecule has 4 rings (SSSR count). The van der Waals surface area contributed by atoms with Crippen LogP contribution in [0.1, 0.15) is 29.6 Å². The van der Waals surface area contributed by atoms with Crippen molar-refractivity contribution in [1.82, 2.24) is 24.9 Å². The Morgan fingerprint density at radius 1 is 1.40 bits per heavy atom. The number of rotatable bonds is 1. The van der Waals surface area contributed by atoms with Gasteiger partial charge in [-0.05, 0) is 41.8 Å². The van der Waals surface area contributed by atoms with Crippen molar-refractivity contribution in [3.8, 4) is 0 Å². The zero-order valence-corrected chi connectivity index (χ0v) is 11.0. The molecule has 0 atom stereocenters. The average molecular weight is 273 g/mol. The molecule has 1 saturated heterocycles. The van der Waals surface area contributed by atoms with E-state index in [0.717, 1.165) is 12.8 Å². The molecule has 7 nitrogen and oxygen atoms in total. The molecule has 0 N–H and O–H groups in total. The summed E-state index contributed by atoms with van der Waals surface area (Å²) in [5.41, 5.74) is 0.964. The molecule has 0 aromatic carbocycles. The Balaban J connectivity index is 1.65. The molecule has 2 aromatic rings. The van der Waals surface area contributed by atoms with E-state index in [9.17, 15) is 4.79 Å². The van der Waals surface area contributed by atoms with Crippen molar-refractivity contribution in [1.29, 1.82) is 0 Å². The Labute approximate surface area is 115 Å². The van der Waals surface area contributed by atoms with Crippen molar-refractivity contribution >= 4 is 11.6 Å². The normalized spacial score (nSPS) is 21.1. The zero-order valence-electron chi connectivity index (χ0n) is 11.0. The molecule has 1 aliphatic heterocycles. The summed E-state index contributed by atoms with van der Waals surface area (Å²) in [6, 6.07) is 3.56. The van der Waals surface area contributed by atoms with Crippen LogP contribution in [0.5, 0.6) is 0 Å². The van der Waals surface area contributed by atoms with Crippen molar-refractivity contribution in [2.45, 2.75) is 24.9 Å². The van der Waals surface area contributed by atoms with E-state index in [-0.39, 0.29) is 11.5 Å². The summed E-state index contributed by atoms with van der Waals surface area (Å²) < 4.78 is 7.37. The molecule has 2 aromatic heterocycles. The van der Waals surface area contributed by atoms with Gasteiger partial charge in [-0.1, -0.05) is 0 Å². The second-order valence-corrected chi connectivity index (χ2v) is 5.48. The molecule has 1 aliphatic carbocycles. The third-order valence-corrected chi connectivity index (χ3v) is 4.25. The number of carbonyl (C=O) groups excluding carboxylic acids is 1. The summed E-state index contributed by atoms with van der Waals surface area (Å²) in [5, 5.41) is 11.4. The maximum Gasteiger partial charge on any atom is 0.257 e. The molecule has 1 amide bonds. The molecule has 0 bridgehead atoms. The number of pyridine rings is 1. The number of amides is 1. The molecular formula is C13H15N5O2. The lowest BCUT2D eigenvalue weighted by molar-refractivity contribution is -0.142. The maximum absolute atomic E-state index is 12.7. The molecule has 1 saturated carbocycles. The van der Waals surface area contributed by atoms with Crippen molar-refractivity contribution in [2.24, 2.45) is 0 Å². The lowest BCUT2D eigenvalue weighted by atomic mass is 9.79. The lowest BCUT2D eigenvalue weighted by Gasteiger charge is -2.48. The van der Waals surface area contributed by atoms with Crippen LogP contribution in [0.15, 0.2) is 18.3 Å². The number of ether oxygens (including phenoxy) is 1. The quantitative estimate of drug-likeness (QED) is 0.757. The topological polar surface area (TPSA) is 72.6 Å². The average Bonchev–Trinajstić information content (AvgIpc) is 2.93. The van der Waals surface area contributed by atoms with Gasteiger partial charge in [0.25, 0.3) is 5.91 Å². The standard InChI is InChI=1S/C13H15N5O2/c19-12(10-3-1-6-18-11(10)14-15-16-18)17-7-8-20-13(9-17)4-2-5-13/h1,3,6H,2,4-5,7-9H2. The first-order valence-corrected chi connectivity index (χ1v) is 6.87. The van der Waals surface area contributed by atoms with Crippen LogP contribution in [0, 0.1) is 0 Å². The number of hydrogen-bond acceptors (Lipinski definition) is 5. The van der Waals surface area contributed by atoms with Crippen molar-refractivity contribution in [3.63, 3.8) is 0 Å². The number of tetrazole rings is 1. The van der Waals surface area contributed by atoms with E-state index in [4.69, 9.17) is 4.74 Å². The minimum absolute atomic E-state index is 0.0139. The fraction of sp³-hybridized carbons (Fsp3) is 0.538. The Morgan fingerprint density at radius 2 is 2.30 bits per heavy atom. The van der Waals surface area contributed by atoms with E-state index in [0.29, 0.717) is 30.9 Å². The third-order valence-electron chi connectivity index (χ3n) is 4.25. The minimum atomic E-state index is -0.0924. The molecule has 2 aliphatic rings. The fourth-order valence-corrected chi connectivity index (χ4v) is 3.00. The maximum atomic E-state index is 12.7. The van der Waals surface area contributed by atoms with Gasteiger partial charge in [0.2, 0.25) is 0 Å². The summed E-state index contributed by atoms with van der Waals surface area (Å²) in [6.45, 7) is 1.91. The van der Waals surface area contributed by atoms with Gasteiger partial charge in [-0.15, -0.1) is 5.10 Å². The van der Waals surface area contributed by atoms with E-state index in [1.165, 1.54) is 10.9 Å². The predicted molar refractivity (Wildman–Crippen MR) is 69.2 cm³/mol. The predicted octanol–water partition coefficient (Wildman–Crippen LogP) is 0.519. The second kappa shape index (κ2) is 4.24. The molecule has 3 heterocycles. The van der Waals surface area contributed by atoms with Gasteiger partial charge in [0.1, 0.15) is 0 Å². The highest BCUT2D eigenvalue weighted by molar-refractivity contribution is 5.99. The van der Waals surface area contributed by atoms with Gasteiger partial charge >= 0.3 is 0 Å².